The normalized spacial score (nSPS) is 12.6. The molecule has 1 nitrogen and oxygen atoms in total. The third-order valence-corrected chi connectivity index (χ3v) is 4.99. The summed E-state index contributed by atoms with van der Waals surface area (Å²) >= 11 is 11.7. The molecule has 1 aromatic carbocycles. The van der Waals surface area contributed by atoms with Gasteiger partial charge >= 0.3 is 0 Å². The van der Waals surface area contributed by atoms with Gasteiger partial charge in [0.2, 0.25) is 0 Å². The number of halogens is 2. The Labute approximate surface area is 138 Å². The SMILES string of the molecule is CCCNC(CCc1cccs1)c1ccc(Br)cc1Cl. The zero-order valence-corrected chi connectivity index (χ0v) is 14.7. The molecule has 0 amide bonds. The Balaban J connectivity index is 2.09. The summed E-state index contributed by atoms with van der Waals surface area (Å²) in [5.41, 5.74) is 1.19. The van der Waals surface area contributed by atoms with Gasteiger partial charge in [-0.2, -0.15) is 0 Å². The van der Waals surface area contributed by atoms with Gasteiger partial charge in [-0.15, -0.1) is 11.3 Å². The lowest BCUT2D eigenvalue weighted by atomic mass is 10.0. The molecule has 0 saturated carbocycles. The molecule has 0 bridgehead atoms. The van der Waals surface area contributed by atoms with Gasteiger partial charge in [0.1, 0.15) is 0 Å². The molecule has 1 aromatic heterocycles. The first-order chi connectivity index (χ1) is 9.70. The first-order valence-corrected chi connectivity index (χ1v) is 8.96. The van der Waals surface area contributed by atoms with Crippen molar-refractivity contribution in [1.29, 1.82) is 0 Å². The monoisotopic (exact) mass is 371 g/mol. The van der Waals surface area contributed by atoms with Crippen molar-refractivity contribution in [3.8, 4) is 0 Å². The predicted octanol–water partition coefficient (Wildman–Crippen LogP) is 5.84. The van der Waals surface area contributed by atoms with Gasteiger partial charge in [-0.1, -0.05) is 46.6 Å². The topological polar surface area (TPSA) is 12.0 Å². The van der Waals surface area contributed by atoms with Gasteiger partial charge < -0.3 is 5.32 Å². The standard InChI is InChI=1S/C16H19BrClNS/c1-2-9-19-16(8-6-13-4-3-10-20-13)14-7-5-12(17)11-15(14)18/h3-5,7,10-11,16,19H,2,6,8-9H2,1H3. The number of nitrogens with one attached hydrogen (secondary N) is 1. The van der Waals surface area contributed by atoms with E-state index in [1.54, 1.807) is 0 Å². The maximum absolute atomic E-state index is 6.40. The Kier molecular flexibility index (Phi) is 6.56. The zero-order chi connectivity index (χ0) is 14.4. The van der Waals surface area contributed by atoms with Crippen molar-refractivity contribution < 1.29 is 0 Å². The average Bonchev–Trinajstić information content (AvgIpc) is 2.93. The highest BCUT2D eigenvalue weighted by Gasteiger charge is 2.14. The molecule has 0 aliphatic heterocycles. The van der Waals surface area contributed by atoms with Crippen LogP contribution in [0.5, 0.6) is 0 Å². The van der Waals surface area contributed by atoms with Crippen molar-refractivity contribution in [1.82, 2.24) is 5.32 Å². The fraction of sp³-hybridized carbons (Fsp3) is 0.375. The summed E-state index contributed by atoms with van der Waals surface area (Å²) in [5, 5.41) is 6.58. The zero-order valence-electron chi connectivity index (χ0n) is 11.5. The van der Waals surface area contributed by atoms with E-state index in [1.807, 2.05) is 17.4 Å². The van der Waals surface area contributed by atoms with Gasteiger partial charge in [-0.3, -0.25) is 0 Å². The van der Waals surface area contributed by atoms with Crippen molar-refractivity contribution in [2.75, 3.05) is 6.54 Å². The van der Waals surface area contributed by atoms with Crippen molar-refractivity contribution >= 4 is 38.9 Å². The molecule has 1 atom stereocenters. The van der Waals surface area contributed by atoms with E-state index >= 15 is 0 Å². The molecule has 0 saturated heterocycles. The van der Waals surface area contributed by atoms with E-state index in [0.29, 0.717) is 6.04 Å². The van der Waals surface area contributed by atoms with Gasteiger partial charge in [0.05, 0.1) is 0 Å². The number of hydrogen-bond donors (Lipinski definition) is 1. The maximum atomic E-state index is 6.40. The van der Waals surface area contributed by atoms with Crippen LogP contribution in [0, 0.1) is 0 Å². The lowest BCUT2D eigenvalue weighted by Gasteiger charge is -2.20. The summed E-state index contributed by atoms with van der Waals surface area (Å²) in [4.78, 5) is 1.43. The average molecular weight is 373 g/mol. The summed E-state index contributed by atoms with van der Waals surface area (Å²) in [6.07, 6.45) is 3.29. The van der Waals surface area contributed by atoms with Gasteiger partial charge in [-0.25, -0.2) is 0 Å². The van der Waals surface area contributed by atoms with Crippen LogP contribution in [-0.4, -0.2) is 6.54 Å². The Morgan fingerprint density at radius 1 is 1.35 bits per heavy atom. The molecule has 0 fully saturated rings. The molecule has 2 aromatic rings. The Morgan fingerprint density at radius 2 is 2.20 bits per heavy atom. The van der Waals surface area contributed by atoms with Gasteiger partial charge in [0.15, 0.2) is 0 Å². The summed E-state index contributed by atoms with van der Waals surface area (Å²) in [6, 6.07) is 10.8. The summed E-state index contributed by atoms with van der Waals surface area (Å²) in [5.74, 6) is 0. The van der Waals surface area contributed by atoms with Crippen molar-refractivity contribution in [2.45, 2.75) is 32.2 Å². The Morgan fingerprint density at radius 3 is 2.85 bits per heavy atom. The Bertz CT molecular complexity index is 527. The molecular weight excluding hydrogens is 354 g/mol. The summed E-state index contributed by atoms with van der Waals surface area (Å²) in [6.45, 7) is 3.20. The largest absolute Gasteiger partial charge is 0.310 e. The minimum Gasteiger partial charge on any atom is -0.310 e. The van der Waals surface area contributed by atoms with Crippen molar-refractivity contribution in [3.63, 3.8) is 0 Å². The third-order valence-electron chi connectivity index (χ3n) is 3.24. The van der Waals surface area contributed by atoms with Crippen LogP contribution < -0.4 is 5.32 Å². The smallest absolute Gasteiger partial charge is 0.0465 e. The fourth-order valence-electron chi connectivity index (χ4n) is 2.21. The van der Waals surface area contributed by atoms with Gasteiger partial charge in [0.25, 0.3) is 0 Å². The number of benzene rings is 1. The molecule has 0 aliphatic rings. The summed E-state index contributed by atoms with van der Waals surface area (Å²) in [7, 11) is 0. The van der Waals surface area contributed by atoms with Crippen LogP contribution in [0.2, 0.25) is 5.02 Å². The van der Waals surface area contributed by atoms with Crippen molar-refractivity contribution in [2.24, 2.45) is 0 Å². The van der Waals surface area contributed by atoms with Crippen LogP contribution in [-0.2, 0) is 6.42 Å². The highest BCUT2D eigenvalue weighted by molar-refractivity contribution is 9.10. The quantitative estimate of drug-likeness (QED) is 0.644. The van der Waals surface area contributed by atoms with Crippen LogP contribution >= 0.6 is 38.9 Å². The maximum Gasteiger partial charge on any atom is 0.0465 e. The van der Waals surface area contributed by atoms with Crippen LogP contribution in [0.3, 0.4) is 0 Å². The van der Waals surface area contributed by atoms with E-state index in [-0.39, 0.29) is 0 Å². The molecule has 0 spiro atoms. The second kappa shape index (κ2) is 8.18. The first-order valence-electron chi connectivity index (χ1n) is 6.91. The van der Waals surface area contributed by atoms with E-state index in [1.165, 1.54) is 10.4 Å². The lowest BCUT2D eigenvalue weighted by Crippen LogP contribution is -2.23. The lowest BCUT2D eigenvalue weighted by molar-refractivity contribution is 0.501. The van der Waals surface area contributed by atoms with Gasteiger partial charge in [0, 0.05) is 20.4 Å². The van der Waals surface area contributed by atoms with E-state index in [0.717, 1.165) is 35.3 Å². The molecule has 1 unspecified atom stereocenters. The number of aryl methyl sites for hydroxylation is 1. The molecule has 108 valence electrons. The van der Waals surface area contributed by atoms with Crippen LogP contribution in [0.25, 0.3) is 0 Å². The minimum absolute atomic E-state index is 0.317. The number of rotatable bonds is 7. The van der Waals surface area contributed by atoms with Crippen LogP contribution in [0.1, 0.15) is 36.2 Å². The third kappa shape index (κ3) is 4.59. The fourth-order valence-corrected chi connectivity index (χ4v) is 3.74. The van der Waals surface area contributed by atoms with Crippen molar-refractivity contribution in [3.05, 3.63) is 55.6 Å². The minimum atomic E-state index is 0.317. The molecule has 4 heteroatoms. The second-order valence-corrected chi connectivity index (χ2v) is 7.15. The molecule has 0 radical (unpaired) electrons. The van der Waals surface area contributed by atoms with Crippen LogP contribution in [0.15, 0.2) is 40.2 Å². The molecule has 1 heterocycles. The highest BCUT2D eigenvalue weighted by Crippen LogP contribution is 2.29. The molecule has 20 heavy (non-hydrogen) atoms. The van der Waals surface area contributed by atoms with E-state index in [2.05, 4.69) is 57.8 Å². The molecule has 1 N–H and O–H groups in total. The van der Waals surface area contributed by atoms with E-state index in [9.17, 15) is 0 Å². The second-order valence-electron chi connectivity index (χ2n) is 4.79. The molecule has 2 rings (SSSR count). The van der Waals surface area contributed by atoms with E-state index < -0.39 is 0 Å². The predicted molar refractivity (Wildman–Crippen MR) is 92.8 cm³/mol. The first kappa shape index (κ1) is 16.0. The number of thiophene rings is 1. The highest BCUT2D eigenvalue weighted by atomic mass is 79.9. The van der Waals surface area contributed by atoms with E-state index in [4.69, 9.17) is 11.6 Å². The Hall–Kier alpha value is -0.350. The van der Waals surface area contributed by atoms with Crippen LogP contribution in [0.4, 0.5) is 0 Å². The summed E-state index contributed by atoms with van der Waals surface area (Å²) < 4.78 is 1.03. The van der Waals surface area contributed by atoms with Gasteiger partial charge in [-0.05, 0) is 54.9 Å². The molecular formula is C16H19BrClNS. The molecule has 0 aliphatic carbocycles. The number of hydrogen-bond acceptors (Lipinski definition) is 2.